The Kier molecular flexibility index (Phi) is 3.36. The number of aromatic nitrogens is 1. The minimum absolute atomic E-state index is 0.361. The first kappa shape index (κ1) is 11.7. The molecule has 1 aliphatic rings. The number of aryl methyl sites for hydroxylation is 1. The van der Waals surface area contributed by atoms with Gasteiger partial charge < -0.3 is 9.64 Å². The SMILES string of the molecule is Cc1cc(N2CCOCC2C)nc(Cl)c1C. The second-order valence-electron chi connectivity index (χ2n) is 4.33. The van der Waals surface area contributed by atoms with Crippen molar-refractivity contribution in [3.63, 3.8) is 0 Å². The van der Waals surface area contributed by atoms with Crippen LogP contribution in [0.4, 0.5) is 5.82 Å². The zero-order valence-corrected chi connectivity index (χ0v) is 10.7. The Balaban J connectivity index is 2.32. The number of nitrogens with zero attached hydrogens (tertiary/aromatic N) is 2. The number of anilines is 1. The van der Waals surface area contributed by atoms with Crippen molar-refractivity contribution in [1.29, 1.82) is 0 Å². The molecule has 1 saturated heterocycles. The van der Waals surface area contributed by atoms with E-state index in [0.29, 0.717) is 11.2 Å². The average Bonchev–Trinajstić information content (AvgIpc) is 2.26. The van der Waals surface area contributed by atoms with Crippen molar-refractivity contribution < 1.29 is 4.74 Å². The van der Waals surface area contributed by atoms with Crippen LogP contribution in [0.15, 0.2) is 6.07 Å². The molecule has 1 fully saturated rings. The van der Waals surface area contributed by atoms with Crippen molar-refractivity contribution >= 4 is 17.4 Å². The van der Waals surface area contributed by atoms with Crippen LogP contribution in [0.3, 0.4) is 0 Å². The summed E-state index contributed by atoms with van der Waals surface area (Å²) in [5.74, 6) is 0.962. The fourth-order valence-corrected chi connectivity index (χ4v) is 2.13. The number of rotatable bonds is 1. The number of pyridine rings is 1. The minimum atomic E-state index is 0.361. The standard InChI is InChI=1S/C12H17ClN2O/c1-8-6-11(14-12(13)10(8)3)15-4-5-16-7-9(15)2/h6,9H,4-5,7H2,1-3H3. The summed E-state index contributed by atoms with van der Waals surface area (Å²) in [7, 11) is 0. The van der Waals surface area contributed by atoms with E-state index in [1.54, 1.807) is 0 Å². The maximum atomic E-state index is 6.12. The van der Waals surface area contributed by atoms with Crippen molar-refractivity contribution in [3.8, 4) is 0 Å². The first-order valence-corrected chi connectivity index (χ1v) is 5.95. The number of halogens is 1. The molecule has 0 amide bonds. The Morgan fingerprint density at radius 3 is 2.88 bits per heavy atom. The van der Waals surface area contributed by atoms with E-state index in [9.17, 15) is 0 Å². The summed E-state index contributed by atoms with van der Waals surface area (Å²) in [6.45, 7) is 8.61. The second-order valence-corrected chi connectivity index (χ2v) is 4.69. The number of hydrogen-bond acceptors (Lipinski definition) is 3. The summed E-state index contributed by atoms with van der Waals surface area (Å²) in [4.78, 5) is 6.70. The van der Waals surface area contributed by atoms with E-state index in [0.717, 1.165) is 31.1 Å². The van der Waals surface area contributed by atoms with Gasteiger partial charge >= 0.3 is 0 Å². The Bertz CT molecular complexity index is 372. The third kappa shape index (κ3) is 2.15. The lowest BCUT2D eigenvalue weighted by Gasteiger charge is -2.34. The molecule has 2 heterocycles. The van der Waals surface area contributed by atoms with E-state index >= 15 is 0 Å². The zero-order valence-electron chi connectivity index (χ0n) is 9.96. The van der Waals surface area contributed by atoms with Gasteiger partial charge in [0.05, 0.1) is 19.3 Å². The van der Waals surface area contributed by atoms with Crippen LogP contribution in [0, 0.1) is 13.8 Å². The summed E-state index contributed by atoms with van der Waals surface area (Å²) in [6, 6.07) is 2.46. The normalized spacial score (nSPS) is 21.2. The lowest BCUT2D eigenvalue weighted by atomic mass is 10.1. The molecule has 0 saturated carbocycles. The Morgan fingerprint density at radius 1 is 1.50 bits per heavy atom. The van der Waals surface area contributed by atoms with Gasteiger partial charge in [-0.25, -0.2) is 4.98 Å². The van der Waals surface area contributed by atoms with Gasteiger partial charge in [-0.2, -0.15) is 0 Å². The van der Waals surface area contributed by atoms with E-state index in [4.69, 9.17) is 16.3 Å². The van der Waals surface area contributed by atoms with Crippen molar-refractivity contribution in [1.82, 2.24) is 4.98 Å². The molecule has 0 bridgehead atoms. The van der Waals surface area contributed by atoms with Crippen molar-refractivity contribution in [3.05, 3.63) is 22.3 Å². The molecule has 1 aliphatic heterocycles. The van der Waals surface area contributed by atoms with Gasteiger partial charge in [0, 0.05) is 6.54 Å². The Morgan fingerprint density at radius 2 is 2.25 bits per heavy atom. The van der Waals surface area contributed by atoms with Gasteiger partial charge in [-0.3, -0.25) is 0 Å². The van der Waals surface area contributed by atoms with Crippen LogP contribution in [-0.2, 0) is 4.74 Å². The fraction of sp³-hybridized carbons (Fsp3) is 0.583. The molecule has 1 aromatic rings. The number of morpholine rings is 1. The predicted octanol–water partition coefficient (Wildman–Crippen LogP) is 2.58. The number of ether oxygens (including phenoxy) is 1. The highest BCUT2D eigenvalue weighted by Gasteiger charge is 2.21. The smallest absolute Gasteiger partial charge is 0.134 e. The molecule has 0 N–H and O–H groups in total. The van der Waals surface area contributed by atoms with Crippen molar-refractivity contribution in [2.75, 3.05) is 24.7 Å². The van der Waals surface area contributed by atoms with E-state index < -0.39 is 0 Å². The summed E-state index contributed by atoms with van der Waals surface area (Å²) in [6.07, 6.45) is 0. The highest BCUT2D eigenvalue weighted by atomic mass is 35.5. The van der Waals surface area contributed by atoms with Crippen LogP contribution in [-0.4, -0.2) is 30.8 Å². The molecule has 1 aromatic heterocycles. The van der Waals surface area contributed by atoms with Crippen LogP contribution in [0.1, 0.15) is 18.1 Å². The van der Waals surface area contributed by atoms with Gasteiger partial charge in [0.2, 0.25) is 0 Å². The fourth-order valence-electron chi connectivity index (χ4n) is 1.90. The summed E-state index contributed by atoms with van der Waals surface area (Å²) >= 11 is 6.12. The molecule has 88 valence electrons. The Hall–Kier alpha value is -0.800. The highest BCUT2D eigenvalue weighted by molar-refractivity contribution is 6.30. The third-order valence-electron chi connectivity index (χ3n) is 3.12. The molecular weight excluding hydrogens is 224 g/mol. The van der Waals surface area contributed by atoms with Gasteiger partial charge in [0.1, 0.15) is 11.0 Å². The summed E-state index contributed by atoms with van der Waals surface area (Å²) in [5, 5.41) is 0.605. The lowest BCUT2D eigenvalue weighted by Crippen LogP contribution is -2.44. The van der Waals surface area contributed by atoms with Crippen LogP contribution in [0.2, 0.25) is 5.15 Å². The zero-order chi connectivity index (χ0) is 11.7. The second kappa shape index (κ2) is 4.60. The van der Waals surface area contributed by atoms with E-state index in [-0.39, 0.29) is 0 Å². The van der Waals surface area contributed by atoms with Gasteiger partial charge in [-0.05, 0) is 38.0 Å². The molecule has 3 nitrogen and oxygen atoms in total. The molecule has 1 atom stereocenters. The average molecular weight is 241 g/mol. The van der Waals surface area contributed by atoms with Crippen LogP contribution < -0.4 is 4.90 Å². The first-order chi connectivity index (χ1) is 7.59. The number of hydrogen-bond donors (Lipinski definition) is 0. The van der Waals surface area contributed by atoms with Gasteiger partial charge in [-0.1, -0.05) is 11.6 Å². The summed E-state index contributed by atoms with van der Waals surface area (Å²) in [5.41, 5.74) is 2.25. The molecule has 2 rings (SSSR count). The molecule has 0 aromatic carbocycles. The molecule has 0 spiro atoms. The maximum absolute atomic E-state index is 6.12. The van der Waals surface area contributed by atoms with Crippen LogP contribution in [0.25, 0.3) is 0 Å². The largest absolute Gasteiger partial charge is 0.377 e. The van der Waals surface area contributed by atoms with Crippen molar-refractivity contribution in [2.45, 2.75) is 26.8 Å². The summed E-state index contributed by atoms with van der Waals surface area (Å²) < 4.78 is 5.42. The lowest BCUT2D eigenvalue weighted by molar-refractivity contribution is 0.0985. The van der Waals surface area contributed by atoms with Gasteiger partial charge in [0.25, 0.3) is 0 Å². The topological polar surface area (TPSA) is 25.4 Å². The van der Waals surface area contributed by atoms with Crippen molar-refractivity contribution in [2.24, 2.45) is 0 Å². The van der Waals surface area contributed by atoms with Crippen LogP contribution >= 0.6 is 11.6 Å². The van der Waals surface area contributed by atoms with E-state index in [2.05, 4.69) is 29.8 Å². The molecule has 0 radical (unpaired) electrons. The monoisotopic (exact) mass is 240 g/mol. The third-order valence-corrected chi connectivity index (χ3v) is 3.49. The molecule has 0 aliphatic carbocycles. The molecular formula is C12H17ClN2O. The quantitative estimate of drug-likeness (QED) is 0.706. The Labute approximate surface area is 101 Å². The highest BCUT2D eigenvalue weighted by Crippen LogP contribution is 2.24. The van der Waals surface area contributed by atoms with Gasteiger partial charge in [-0.15, -0.1) is 0 Å². The van der Waals surface area contributed by atoms with Gasteiger partial charge in [0.15, 0.2) is 0 Å². The molecule has 1 unspecified atom stereocenters. The maximum Gasteiger partial charge on any atom is 0.134 e. The predicted molar refractivity (Wildman–Crippen MR) is 66.3 cm³/mol. The van der Waals surface area contributed by atoms with E-state index in [1.165, 1.54) is 5.56 Å². The van der Waals surface area contributed by atoms with E-state index in [1.807, 2.05) is 6.92 Å². The minimum Gasteiger partial charge on any atom is -0.377 e. The van der Waals surface area contributed by atoms with Crippen LogP contribution in [0.5, 0.6) is 0 Å². The molecule has 4 heteroatoms. The first-order valence-electron chi connectivity index (χ1n) is 5.57. The molecule has 16 heavy (non-hydrogen) atoms.